The van der Waals surface area contributed by atoms with Crippen LogP contribution in [0.15, 0.2) is 12.1 Å². The molecule has 0 aliphatic rings. The van der Waals surface area contributed by atoms with E-state index in [0.29, 0.717) is 0 Å². The summed E-state index contributed by atoms with van der Waals surface area (Å²) in [7, 11) is -0.127. The fraction of sp³-hybridized carbons (Fsp3) is 0.667. The molecule has 0 spiro atoms. The van der Waals surface area contributed by atoms with Gasteiger partial charge in [0.15, 0.2) is 0 Å². The summed E-state index contributed by atoms with van der Waals surface area (Å²) in [5.41, 5.74) is 0. The van der Waals surface area contributed by atoms with E-state index in [2.05, 4.69) is 9.47 Å². The topological polar surface area (TPSA) is 18.5 Å². The van der Waals surface area contributed by atoms with E-state index < -0.39 is 30.2 Å². The fourth-order valence-electron chi connectivity index (χ4n) is 0.616. The second kappa shape index (κ2) is 4.63. The first-order chi connectivity index (χ1) is 7.39. The van der Waals surface area contributed by atoms with Gasteiger partial charge in [0.05, 0.1) is 0 Å². The fourth-order valence-corrected chi connectivity index (χ4v) is 0.616. The SMILES string of the molecule is COC(F)(C(F)(F)F)C(F)(F)OC(F)=C(F)F. The van der Waals surface area contributed by atoms with Crippen LogP contribution in [0.4, 0.5) is 39.5 Å². The van der Waals surface area contributed by atoms with E-state index in [-0.39, 0.29) is 7.11 Å². The largest absolute Gasteiger partial charge is 0.471 e. The Morgan fingerprint density at radius 1 is 0.882 bits per heavy atom. The smallest absolute Gasteiger partial charge is 0.398 e. The molecule has 1 atom stereocenters. The summed E-state index contributed by atoms with van der Waals surface area (Å²) in [5, 5.41) is 0. The third kappa shape index (κ3) is 2.96. The van der Waals surface area contributed by atoms with Gasteiger partial charge in [0.2, 0.25) is 0 Å². The van der Waals surface area contributed by atoms with Crippen molar-refractivity contribution >= 4 is 0 Å². The van der Waals surface area contributed by atoms with Gasteiger partial charge in [-0.1, -0.05) is 0 Å². The number of hydrogen-bond donors (Lipinski definition) is 0. The van der Waals surface area contributed by atoms with Crippen molar-refractivity contribution in [3.8, 4) is 0 Å². The van der Waals surface area contributed by atoms with Crippen molar-refractivity contribution in [1.29, 1.82) is 0 Å². The molecule has 17 heavy (non-hydrogen) atoms. The molecule has 102 valence electrons. The number of alkyl halides is 6. The molecule has 0 heterocycles. The Morgan fingerprint density at radius 3 is 1.53 bits per heavy atom. The number of ether oxygens (including phenoxy) is 2. The van der Waals surface area contributed by atoms with E-state index in [4.69, 9.17) is 0 Å². The lowest BCUT2D eigenvalue weighted by Gasteiger charge is -2.31. The normalized spacial score (nSPS) is 16.4. The highest BCUT2D eigenvalue weighted by molar-refractivity contribution is 4.91. The minimum absolute atomic E-state index is 0.127. The molecule has 0 aliphatic carbocycles. The van der Waals surface area contributed by atoms with E-state index in [1.165, 1.54) is 0 Å². The Kier molecular flexibility index (Phi) is 4.32. The predicted octanol–water partition coefficient (Wildman–Crippen LogP) is 3.51. The van der Waals surface area contributed by atoms with Crippen molar-refractivity contribution in [3.05, 3.63) is 12.1 Å². The van der Waals surface area contributed by atoms with E-state index in [0.717, 1.165) is 0 Å². The lowest BCUT2D eigenvalue weighted by Crippen LogP contribution is -2.57. The van der Waals surface area contributed by atoms with Crippen LogP contribution in [0, 0.1) is 0 Å². The second-order valence-corrected chi connectivity index (χ2v) is 2.45. The van der Waals surface area contributed by atoms with Crippen LogP contribution in [-0.2, 0) is 9.47 Å². The summed E-state index contributed by atoms with van der Waals surface area (Å²) >= 11 is 0. The number of halogens is 9. The molecule has 0 saturated heterocycles. The van der Waals surface area contributed by atoms with Gasteiger partial charge in [-0.2, -0.15) is 39.5 Å². The van der Waals surface area contributed by atoms with Gasteiger partial charge < -0.3 is 9.47 Å². The zero-order valence-electron chi connectivity index (χ0n) is 7.72. The monoisotopic (exact) mass is 278 g/mol. The minimum Gasteiger partial charge on any atom is -0.398 e. The molecular formula is C6H3F9O2. The molecule has 0 bridgehead atoms. The third-order valence-corrected chi connectivity index (χ3v) is 1.39. The molecular weight excluding hydrogens is 275 g/mol. The molecule has 0 fully saturated rings. The molecule has 1 unspecified atom stereocenters. The van der Waals surface area contributed by atoms with Gasteiger partial charge in [-0.3, -0.25) is 0 Å². The first-order valence-electron chi connectivity index (χ1n) is 3.47. The molecule has 0 aliphatic heterocycles. The Hall–Kier alpha value is -1.13. The number of hydrogen-bond acceptors (Lipinski definition) is 2. The molecule has 0 radical (unpaired) electrons. The highest BCUT2D eigenvalue weighted by Gasteiger charge is 2.75. The zero-order valence-corrected chi connectivity index (χ0v) is 7.72. The summed E-state index contributed by atoms with van der Waals surface area (Å²) < 4.78 is 113. The van der Waals surface area contributed by atoms with Crippen LogP contribution in [0.5, 0.6) is 0 Å². The molecule has 0 saturated carbocycles. The first-order valence-corrected chi connectivity index (χ1v) is 3.47. The standard InChI is InChI=1S/C6H3F9O2/c1-16-4(10,5(11,12)13)6(14,15)17-3(9)2(7)8/h1H3. The van der Waals surface area contributed by atoms with Gasteiger partial charge in [-0.15, -0.1) is 0 Å². The average Bonchev–Trinajstić information content (AvgIpc) is 2.13. The van der Waals surface area contributed by atoms with E-state index in [1.54, 1.807) is 0 Å². The van der Waals surface area contributed by atoms with Gasteiger partial charge in [0, 0.05) is 7.11 Å². The summed E-state index contributed by atoms with van der Waals surface area (Å²) in [6.07, 6.45) is -15.9. The van der Waals surface area contributed by atoms with Gasteiger partial charge in [0.1, 0.15) is 0 Å². The summed E-state index contributed by atoms with van der Waals surface area (Å²) in [6.45, 7) is 0. The first kappa shape index (κ1) is 15.9. The highest BCUT2D eigenvalue weighted by atomic mass is 19.4. The maximum atomic E-state index is 12.8. The van der Waals surface area contributed by atoms with Gasteiger partial charge >= 0.3 is 30.2 Å². The number of rotatable bonds is 4. The van der Waals surface area contributed by atoms with Gasteiger partial charge in [0.25, 0.3) is 0 Å². The Balaban J connectivity index is 5.35. The van der Waals surface area contributed by atoms with Gasteiger partial charge in [-0.25, -0.2) is 0 Å². The average molecular weight is 278 g/mol. The lowest BCUT2D eigenvalue weighted by molar-refractivity contribution is -0.449. The van der Waals surface area contributed by atoms with E-state index in [1.807, 2.05) is 0 Å². The van der Waals surface area contributed by atoms with E-state index in [9.17, 15) is 39.5 Å². The Bertz CT molecular complexity index is 305. The van der Waals surface area contributed by atoms with E-state index >= 15 is 0 Å². The van der Waals surface area contributed by atoms with Crippen LogP contribution in [0.25, 0.3) is 0 Å². The summed E-state index contributed by atoms with van der Waals surface area (Å²) in [6, 6.07) is -3.35. The van der Waals surface area contributed by atoms with Crippen LogP contribution in [0.2, 0.25) is 0 Å². The summed E-state index contributed by atoms with van der Waals surface area (Å²) in [4.78, 5) is 0. The Morgan fingerprint density at radius 2 is 1.29 bits per heavy atom. The van der Waals surface area contributed by atoms with Crippen LogP contribution >= 0.6 is 0 Å². The molecule has 0 amide bonds. The minimum atomic E-state index is -6.34. The zero-order chi connectivity index (χ0) is 14.1. The van der Waals surface area contributed by atoms with Crippen molar-refractivity contribution in [2.24, 2.45) is 0 Å². The molecule has 2 nitrogen and oxygen atoms in total. The van der Waals surface area contributed by atoms with Crippen molar-refractivity contribution < 1.29 is 49.0 Å². The lowest BCUT2D eigenvalue weighted by atomic mass is 10.3. The number of methoxy groups -OCH3 is 1. The van der Waals surface area contributed by atoms with Crippen LogP contribution in [0.1, 0.15) is 0 Å². The van der Waals surface area contributed by atoms with Crippen LogP contribution < -0.4 is 0 Å². The van der Waals surface area contributed by atoms with Gasteiger partial charge in [-0.05, 0) is 0 Å². The predicted molar refractivity (Wildman–Crippen MR) is 33.3 cm³/mol. The molecule has 0 N–H and O–H groups in total. The quantitative estimate of drug-likeness (QED) is 0.578. The maximum Gasteiger partial charge on any atom is 0.471 e. The maximum absolute atomic E-state index is 12.8. The Labute approximate surface area is 87.6 Å². The molecule has 11 heteroatoms. The second-order valence-electron chi connectivity index (χ2n) is 2.45. The van der Waals surface area contributed by atoms with Crippen molar-refractivity contribution in [2.45, 2.75) is 18.1 Å². The molecule has 0 aromatic heterocycles. The highest BCUT2D eigenvalue weighted by Crippen LogP contribution is 2.47. The summed E-state index contributed by atoms with van der Waals surface area (Å²) in [5.74, 6) is -5.77. The van der Waals surface area contributed by atoms with Crippen molar-refractivity contribution in [3.63, 3.8) is 0 Å². The van der Waals surface area contributed by atoms with Crippen molar-refractivity contribution in [1.82, 2.24) is 0 Å². The molecule has 0 rings (SSSR count). The van der Waals surface area contributed by atoms with Crippen LogP contribution in [0.3, 0.4) is 0 Å². The van der Waals surface area contributed by atoms with Crippen molar-refractivity contribution in [2.75, 3.05) is 7.11 Å². The third-order valence-electron chi connectivity index (χ3n) is 1.39. The molecule has 0 aromatic carbocycles. The molecule has 0 aromatic rings. The van der Waals surface area contributed by atoms with Crippen LogP contribution in [-0.4, -0.2) is 25.2 Å².